The molecule has 0 aliphatic carbocycles. The van der Waals surface area contributed by atoms with Crippen LogP contribution in [0.2, 0.25) is 0 Å². The normalized spacial score (nSPS) is 14.8. The maximum Gasteiger partial charge on any atom is 0.169 e. The molecule has 1 fully saturated rings. The Morgan fingerprint density at radius 3 is 2.96 bits per heavy atom. The molecule has 6 heteroatoms. The zero-order valence-electron chi connectivity index (χ0n) is 15.1. The molecular formula is C19H29N3O2S. The minimum Gasteiger partial charge on any atom is -0.497 e. The lowest BCUT2D eigenvalue weighted by molar-refractivity contribution is 0.0367. The minimum absolute atomic E-state index is 0.677. The number of nitrogens with zero attached hydrogens (tertiary/aromatic N) is 2. The Morgan fingerprint density at radius 2 is 2.24 bits per heavy atom. The summed E-state index contributed by atoms with van der Waals surface area (Å²) in [6.07, 6.45) is 2.89. The maximum absolute atomic E-state index is 5.57. The lowest BCUT2D eigenvalue weighted by Gasteiger charge is -2.29. The lowest BCUT2D eigenvalue weighted by atomic mass is 10.2. The molecule has 1 aliphatic rings. The van der Waals surface area contributed by atoms with Gasteiger partial charge in [0.05, 0.1) is 20.3 Å². The van der Waals surface area contributed by atoms with Crippen molar-refractivity contribution in [1.82, 2.24) is 15.1 Å². The van der Waals surface area contributed by atoms with Gasteiger partial charge in [0.1, 0.15) is 5.75 Å². The van der Waals surface area contributed by atoms with Crippen LogP contribution in [0.15, 0.2) is 36.9 Å². The van der Waals surface area contributed by atoms with Gasteiger partial charge in [0.25, 0.3) is 0 Å². The molecule has 138 valence electrons. The van der Waals surface area contributed by atoms with E-state index in [0.717, 1.165) is 63.2 Å². The minimum atomic E-state index is 0.677. The summed E-state index contributed by atoms with van der Waals surface area (Å²) in [7, 11) is 1.69. The van der Waals surface area contributed by atoms with Crippen LogP contribution >= 0.6 is 12.2 Å². The molecule has 0 radical (unpaired) electrons. The Bertz CT molecular complexity index is 547. The molecule has 0 saturated carbocycles. The molecule has 5 nitrogen and oxygen atoms in total. The first-order valence-electron chi connectivity index (χ1n) is 8.79. The number of rotatable bonds is 9. The number of ether oxygens (including phenoxy) is 2. The summed E-state index contributed by atoms with van der Waals surface area (Å²) < 4.78 is 10.7. The molecule has 1 heterocycles. The van der Waals surface area contributed by atoms with Gasteiger partial charge in [0, 0.05) is 39.3 Å². The molecule has 1 saturated heterocycles. The molecule has 0 bridgehead atoms. The fraction of sp³-hybridized carbons (Fsp3) is 0.526. The highest BCUT2D eigenvalue weighted by atomic mass is 32.1. The van der Waals surface area contributed by atoms with Crippen LogP contribution in [0.5, 0.6) is 5.75 Å². The molecule has 25 heavy (non-hydrogen) atoms. The van der Waals surface area contributed by atoms with E-state index in [1.54, 1.807) is 7.11 Å². The topological polar surface area (TPSA) is 37.0 Å². The summed E-state index contributed by atoms with van der Waals surface area (Å²) in [4.78, 5) is 4.67. The molecule has 0 aromatic heterocycles. The van der Waals surface area contributed by atoms with E-state index in [1.165, 1.54) is 5.56 Å². The Kier molecular flexibility index (Phi) is 8.72. The van der Waals surface area contributed by atoms with Crippen molar-refractivity contribution in [2.24, 2.45) is 0 Å². The van der Waals surface area contributed by atoms with Crippen molar-refractivity contribution in [2.45, 2.75) is 13.0 Å². The molecule has 1 aromatic rings. The van der Waals surface area contributed by atoms with E-state index in [-0.39, 0.29) is 0 Å². The SMILES string of the molecule is C=CCNC(=S)N(CCCN1CCOCC1)Cc1cccc(OC)c1. The summed E-state index contributed by atoms with van der Waals surface area (Å²) >= 11 is 5.57. The highest BCUT2D eigenvalue weighted by Gasteiger charge is 2.13. The van der Waals surface area contributed by atoms with Crippen LogP contribution in [0.3, 0.4) is 0 Å². The van der Waals surface area contributed by atoms with Gasteiger partial charge in [0.2, 0.25) is 0 Å². The number of hydrogen-bond acceptors (Lipinski definition) is 4. The first-order valence-corrected chi connectivity index (χ1v) is 9.20. The van der Waals surface area contributed by atoms with Crippen LogP contribution in [0.25, 0.3) is 0 Å². The van der Waals surface area contributed by atoms with Crippen molar-refractivity contribution in [3.63, 3.8) is 0 Å². The van der Waals surface area contributed by atoms with Crippen molar-refractivity contribution in [1.29, 1.82) is 0 Å². The molecular weight excluding hydrogens is 334 g/mol. The van der Waals surface area contributed by atoms with Gasteiger partial charge < -0.3 is 19.7 Å². The Labute approximate surface area is 156 Å². The van der Waals surface area contributed by atoms with E-state index in [0.29, 0.717) is 6.54 Å². The third-order valence-corrected chi connectivity index (χ3v) is 4.60. The quantitative estimate of drug-likeness (QED) is 0.536. The van der Waals surface area contributed by atoms with Crippen LogP contribution in [0, 0.1) is 0 Å². The van der Waals surface area contributed by atoms with E-state index in [4.69, 9.17) is 21.7 Å². The van der Waals surface area contributed by atoms with Gasteiger partial charge in [-0.2, -0.15) is 0 Å². The van der Waals surface area contributed by atoms with Gasteiger partial charge in [-0.25, -0.2) is 0 Å². The highest BCUT2D eigenvalue weighted by molar-refractivity contribution is 7.80. The summed E-state index contributed by atoms with van der Waals surface area (Å²) in [5, 5.41) is 4.01. The maximum atomic E-state index is 5.57. The highest BCUT2D eigenvalue weighted by Crippen LogP contribution is 2.15. The average molecular weight is 364 g/mol. The predicted molar refractivity (Wildman–Crippen MR) is 106 cm³/mol. The Hall–Kier alpha value is -1.63. The summed E-state index contributed by atoms with van der Waals surface area (Å²) in [6.45, 7) is 10.9. The average Bonchev–Trinajstić information content (AvgIpc) is 2.66. The van der Waals surface area contributed by atoms with Crippen LogP contribution in [0.4, 0.5) is 0 Å². The molecule has 0 unspecified atom stereocenters. The second kappa shape index (κ2) is 11.1. The van der Waals surface area contributed by atoms with Crippen LogP contribution in [-0.4, -0.2) is 68.0 Å². The predicted octanol–water partition coefficient (Wildman–Crippen LogP) is 2.28. The smallest absolute Gasteiger partial charge is 0.169 e. The van der Waals surface area contributed by atoms with Crippen molar-refractivity contribution >= 4 is 17.3 Å². The van der Waals surface area contributed by atoms with Gasteiger partial charge in [-0.05, 0) is 36.3 Å². The first kappa shape index (κ1) is 19.7. The van der Waals surface area contributed by atoms with Gasteiger partial charge >= 0.3 is 0 Å². The van der Waals surface area contributed by atoms with Gasteiger partial charge in [0.15, 0.2) is 5.11 Å². The van der Waals surface area contributed by atoms with E-state index in [1.807, 2.05) is 18.2 Å². The Balaban J connectivity index is 1.91. The molecule has 1 aliphatic heterocycles. The standard InChI is InChI=1S/C19H29N3O2S/c1-3-8-20-19(25)22(10-5-9-21-11-13-24-14-12-21)16-17-6-4-7-18(15-17)23-2/h3-4,6-7,15H,1,5,8-14,16H2,2H3,(H,20,25). The second-order valence-electron chi connectivity index (χ2n) is 6.06. The first-order chi connectivity index (χ1) is 12.2. The van der Waals surface area contributed by atoms with Crippen molar-refractivity contribution in [2.75, 3.05) is 53.0 Å². The third kappa shape index (κ3) is 7.02. The van der Waals surface area contributed by atoms with Gasteiger partial charge in [-0.1, -0.05) is 18.2 Å². The van der Waals surface area contributed by atoms with Crippen molar-refractivity contribution in [3.8, 4) is 5.75 Å². The molecule has 1 aromatic carbocycles. The number of nitrogens with one attached hydrogen (secondary N) is 1. The zero-order valence-corrected chi connectivity index (χ0v) is 15.9. The summed E-state index contributed by atoms with van der Waals surface area (Å²) in [5.74, 6) is 0.871. The lowest BCUT2D eigenvalue weighted by Crippen LogP contribution is -2.42. The summed E-state index contributed by atoms with van der Waals surface area (Å²) in [6, 6.07) is 8.14. The Morgan fingerprint density at radius 1 is 1.44 bits per heavy atom. The molecule has 1 N–H and O–H groups in total. The van der Waals surface area contributed by atoms with Crippen LogP contribution < -0.4 is 10.1 Å². The van der Waals surface area contributed by atoms with Gasteiger partial charge in [-0.15, -0.1) is 6.58 Å². The van der Waals surface area contributed by atoms with Crippen molar-refractivity contribution in [3.05, 3.63) is 42.5 Å². The molecule has 0 spiro atoms. The zero-order chi connectivity index (χ0) is 17.9. The van der Waals surface area contributed by atoms with Gasteiger partial charge in [-0.3, -0.25) is 4.90 Å². The number of benzene rings is 1. The number of methoxy groups -OCH3 is 1. The van der Waals surface area contributed by atoms with E-state index < -0.39 is 0 Å². The fourth-order valence-electron chi connectivity index (χ4n) is 2.82. The monoisotopic (exact) mass is 363 g/mol. The molecule has 0 atom stereocenters. The van der Waals surface area contributed by atoms with E-state index in [9.17, 15) is 0 Å². The fourth-order valence-corrected chi connectivity index (χ4v) is 3.06. The largest absolute Gasteiger partial charge is 0.497 e. The summed E-state index contributed by atoms with van der Waals surface area (Å²) in [5.41, 5.74) is 1.19. The second-order valence-corrected chi connectivity index (χ2v) is 6.44. The molecule has 2 rings (SSSR count). The van der Waals surface area contributed by atoms with Crippen molar-refractivity contribution < 1.29 is 9.47 Å². The number of morpholine rings is 1. The third-order valence-electron chi connectivity index (χ3n) is 4.20. The number of hydrogen-bond donors (Lipinski definition) is 1. The number of thiocarbonyl (C=S) groups is 1. The van der Waals surface area contributed by atoms with E-state index in [2.05, 4.69) is 33.8 Å². The van der Waals surface area contributed by atoms with E-state index >= 15 is 0 Å². The van der Waals surface area contributed by atoms with Crippen LogP contribution in [-0.2, 0) is 11.3 Å². The van der Waals surface area contributed by atoms with Crippen LogP contribution in [0.1, 0.15) is 12.0 Å². The molecule has 0 amide bonds.